The van der Waals surface area contributed by atoms with Gasteiger partial charge < -0.3 is 5.32 Å². The van der Waals surface area contributed by atoms with Crippen LogP contribution in [0.1, 0.15) is 11.1 Å². The van der Waals surface area contributed by atoms with E-state index in [0.29, 0.717) is 0 Å². The van der Waals surface area contributed by atoms with E-state index in [-0.39, 0.29) is 5.54 Å². The summed E-state index contributed by atoms with van der Waals surface area (Å²) >= 11 is 0. The molecule has 1 aliphatic rings. The van der Waals surface area contributed by atoms with Crippen LogP contribution in [0.15, 0.2) is 78.1 Å². The highest BCUT2D eigenvalue weighted by Gasteiger charge is 2.32. The molecule has 0 amide bonds. The van der Waals surface area contributed by atoms with Gasteiger partial charge in [0.15, 0.2) is 0 Å². The van der Waals surface area contributed by atoms with E-state index in [4.69, 9.17) is 0 Å². The van der Waals surface area contributed by atoms with E-state index in [9.17, 15) is 0 Å². The highest BCUT2D eigenvalue weighted by molar-refractivity contribution is 5.80. The van der Waals surface area contributed by atoms with Gasteiger partial charge in [-0.3, -0.25) is 4.99 Å². The zero-order valence-corrected chi connectivity index (χ0v) is 9.95. The summed E-state index contributed by atoms with van der Waals surface area (Å²) in [7, 11) is 0. The van der Waals surface area contributed by atoms with Crippen molar-refractivity contribution in [1.82, 2.24) is 5.32 Å². The van der Waals surface area contributed by atoms with Gasteiger partial charge in [0, 0.05) is 18.6 Å². The molecule has 2 aromatic rings. The summed E-state index contributed by atoms with van der Waals surface area (Å²) in [5.41, 5.74) is 2.01. The lowest BCUT2D eigenvalue weighted by Gasteiger charge is -2.33. The molecule has 0 aromatic heterocycles. The van der Waals surface area contributed by atoms with E-state index in [0.717, 1.165) is 0 Å². The minimum absolute atomic E-state index is 0.364. The maximum Gasteiger partial charge on any atom is 0.124 e. The van der Waals surface area contributed by atoms with Crippen molar-refractivity contribution in [1.29, 1.82) is 0 Å². The van der Waals surface area contributed by atoms with E-state index in [2.05, 4.69) is 34.6 Å². The quantitative estimate of drug-likeness (QED) is 0.848. The fourth-order valence-corrected chi connectivity index (χ4v) is 2.29. The van der Waals surface area contributed by atoms with Crippen LogP contribution in [0.5, 0.6) is 0 Å². The number of hydrogen-bond acceptors (Lipinski definition) is 2. The van der Waals surface area contributed by atoms with Gasteiger partial charge in [-0.2, -0.15) is 0 Å². The van der Waals surface area contributed by atoms with Crippen LogP contribution in [0.4, 0.5) is 0 Å². The van der Waals surface area contributed by atoms with Gasteiger partial charge in [0.1, 0.15) is 5.54 Å². The maximum atomic E-state index is 4.32. The molecule has 0 unspecified atom stereocenters. The first-order valence-corrected chi connectivity index (χ1v) is 6.00. The van der Waals surface area contributed by atoms with Gasteiger partial charge in [-0.25, -0.2) is 0 Å². The molecule has 0 saturated heterocycles. The van der Waals surface area contributed by atoms with Crippen LogP contribution in [0, 0.1) is 0 Å². The lowest BCUT2D eigenvalue weighted by atomic mass is 9.83. The van der Waals surface area contributed by atoms with E-state index in [1.807, 2.05) is 48.8 Å². The van der Waals surface area contributed by atoms with E-state index in [1.54, 1.807) is 6.20 Å². The summed E-state index contributed by atoms with van der Waals surface area (Å²) in [6.07, 6.45) is 5.61. The average molecular weight is 234 g/mol. The first-order valence-electron chi connectivity index (χ1n) is 6.00. The lowest BCUT2D eigenvalue weighted by molar-refractivity contribution is 0.616. The Balaban J connectivity index is 2.17. The normalized spacial score (nSPS) is 16.2. The highest BCUT2D eigenvalue weighted by atomic mass is 15.0. The van der Waals surface area contributed by atoms with Crippen LogP contribution in [0.3, 0.4) is 0 Å². The summed E-state index contributed by atoms with van der Waals surface area (Å²) < 4.78 is 0. The van der Waals surface area contributed by atoms with Crippen LogP contribution >= 0.6 is 0 Å². The summed E-state index contributed by atoms with van der Waals surface area (Å²) in [5, 5.41) is 3.44. The predicted octanol–water partition coefficient (Wildman–Crippen LogP) is 3.08. The Morgan fingerprint density at radius 3 is 1.78 bits per heavy atom. The van der Waals surface area contributed by atoms with E-state index < -0.39 is 0 Å². The van der Waals surface area contributed by atoms with Gasteiger partial charge in [-0.1, -0.05) is 60.7 Å². The molecule has 2 aromatic carbocycles. The van der Waals surface area contributed by atoms with Crippen molar-refractivity contribution in [2.24, 2.45) is 4.99 Å². The number of nitrogens with zero attached hydrogens (tertiary/aromatic N) is 1. The molecule has 1 aliphatic heterocycles. The third-order valence-corrected chi connectivity index (χ3v) is 3.20. The summed E-state index contributed by atoms with van der Waals surface area (Å²) in [5.74, 6) is 0. The Morgan fingerprint density at radius 1 is 0.778 bits per heavy atom. The first kappa shape index (κ1) is 10.8. The topological polar surface area (TPSA) is 24.4 Å². The SMILES string of the molecule is C1=CNC(c2ccccc2)(c2ccccc2)C=N1. The Kier molecular flexibility index (Phi) is 2.69. The monoisotopic (exact) mass is 234 g/mol. The van der Waals surface area contributed by atoms with Crippen LogP contribution in [0.2, 0.25) is 0 Å². The molecule has 0 aliphatic carbocycles. The molecule has 0 fully saturated rings. The molecule has 0 bridgehead atoms. The number of rotatable bonds is 2. The first-order chi connectivity index (χ1) is 8.92. The molecule has 2 nitrogen and oxygen atoms in total. The van der Waals surface area contributed by atoms with E-state index >= 15 is 0 Å². The predicted molar refractivity (Wildman–Crippen MR) is 74.4 cm³/mol. The Bertz CT molecular complexity index is 531. The number of aliphatic imine (C=N–C) groups is 1. The van der Waals surface area contributed by atoms with Crippen molar-refractivity contribution in [2.75, 3.05) is 0 Å². The fourth-order valence-electron chi connectivity index (χ4n) is 2.29. The Labute approximate surface area is 107 Å². The second-order valence-corrected chi connectivity index (χ2v) is 4.28. The highest BCUT2D eigenvalue weighted by Crippen LogP contribution is 2.29. The van der Waals surface area contributed by atoms with Crippen molar-refractivity contribution in [3.8, 4) is 0 Å². The van der Waals surface area contributed by atoms with Gasteiger partial charge in [-0.05, 0) is 11.1 Å². The second kappa shape index (κ2) is 4.49. The molecule has 0 saturated carbocycles. The van der Waals surface area contributed by atoms with Crippen molar-refractivity contribution >= 4 is 6.21 Å². The van der Waals surface area contributed by atoms with Gasteiger partial charge in [0.25, 0.3) is 0 Å². The third-order valence-electron chi connectivity index (χ3n) is 3.20. The number of hydrogen-bond donors (Lipinski definition) is 1. The molecule has 18 heavy (non-hydrogen) atoms. The van der Waals surface area contributed by atoms with Crippen molar-refractivity contribution in [3.05, 3.63) is 84.2 Å². The minimum atomic E-state index is -0.364. The van der Waals surface area contributed by atoms with Crippen molar-refractivity contribution in [2.45, 2.75) is 5.54 Å². The Hall–Kier alpha value is -2.35. The molecular weight excluding hydrogens is 220 g/mol. The molecule has 0 radical (unpaired) electrons. The molecule has 3 rings (SSSR count). The average Bonchev–Trinajstić information content (AvgIpc) is 2.50. The van der Waals surface area contributed by atoms with Crippen LogP contribution in [0.25, 0.3) is 0 Å². The summed E-state index contributed by atoms with van der Waals surface area (Å²) in [4.78, 5) is 4.32. The molecule has 0 atom stereocenters. The largest absolute Gasteiger partial charge is 0.372 e. The molecule has 88 valence electrons. The smallest absolute Gasteiger partial charge is 0.124 e. The maximum absolute atomic E-state index is 4.32. The Morgan fingerprint density at radius 2 is 1.33 bits per heavy atom. The molecule has 1 heterocycles. The summed E-state index contributed by atoms with van der Waals surface area (Å²) in [6, 6.07) is 20.7. The fraction of sp³-hybridized carbons (Fsp3) is 0.0625. The third kappa shape index (κ3) is 1.72. The van der Waals surface area contributed by atoms with Crippen LogP contribution in [-0.4, -0.2) is 6.21 Å². The zero-order chi connectivity index (χ0) is 12.3. The van der Waals surface area contributed by atoms with Crippen molar-refractivity contribution in [3.63, 3.8) is 0 Å². The minimum Gasteiger partial charge on any atom is -0.372 e. The number of nitrogens with one attached hydrogen (secondary N) is 1. The second-order valence-electron chi connectivity index (χ2n) is 4.28. The summed E-state index contributed by atoms with van der Waals surface area (Å²) in [6.45, 7) is 0. The number of benzene rings is 2. The molecule has 1 N–H and O–H groups in total. The van der Waals surface area contributed by atoms with E-state index in [1.165, 1.54) is 11.1 Å². The molecular formula is C16H14N2. The standard InChI is InChI=1S/C16H14N2/c1-3-7-14(8-4-1)16(13-17-11-12-18-16)15-9-5-2-6-10-15/h1-13,18H. The lowest BCUT2D eigenvalue weighted by Crippen LogP contribution is -2.43. The molecule has 2 heteroatoms. The van der Waals surface area contributed by atoms with Gasteiger partial charge in [0.05, 0.1) is 0 Å². The van der Waals surface area contributed by atoms with Gasteiger partial charge >= 0.3 is 0 Å². The van der Waals surface area contributed by atoms with Gasteiger partial charge in [0.2, 0.25) is 0 Å². The zero-order valence-electron chi connectivity index (χ0n) is 9.95. The van der Waals surface area contributed by atoms with Crippen LogP contribution in [-0.2, 0) is 5.54 Å². The van der Waals surface area contributed by atoms with Crippen molar-refractivity contribution < 1.29 is 0 Å². The van der Waals surface area contributed by atoms with Crippen LogP contribution < -0.4 is 5.32 Å². The van der Waals surface area contributed by atoms with Gasteiger partial charge in [-0.15, -0.1) is 0 Å². The molecule has 0 spiro atoms.